The minimum Gasteiger partial charge on any atom is -0.489 e. The van der Waals surface area contributed by atoms with E-state index in [1.165, 1.54) is 26.9 Å². The Balaban J connectivity index is 1.18. The van der Waals surface area contributed by atoms with Crippen molar-refractivity contribution in [3.8, 4) is 5.75 Å². The van der Waals surface area contributed by atoms with Gasteiger partial charge >= 0.3 is 0 Å². The fraction of sp³-hybridized carbons (Fsp3) is 0.357. The van der Waals surface area contributed by atoms with Gasteiger partial charge in [-0.1, -0.05) is 48.2 Å². The summed E-state index contributed by atoms with van der Waals surface area (Å²) in [4.78, 5) is 10.3. The number of ether oxygens (including phenoxy) is 1. The number of anilines is 3. The zero-order valence-corrected chi connectivity index (χ0v) is 20.4. The Morgan fingerprint density at radius 2 is 1.30 bits per heavy atom. The van der Waals surface area contributed by atoms with Gasteiger partial charge in [0.2, 0.25) is 0 Å². The molecular weight excluding hydrogens is 426 g/mol. The average molecular weight is 460 g/mol. The molecule has 2 aliphatic heterocycles. The summed E-state index contributed by atoms with van der Waals surface area (Å²) in [6.07, 6.45) is 1.34. The second-order valence-electron chi connectivity index (χ2n) is 9.01. The number of para-hydroxylation sites is 4. The molecule has 0 atom stereocenters. The maximum Gasteiger partial charge on any atom is 0.142 e. The molecule has 3 aromatic carbocycles. The number of benzene rings is 3. The normalized spacial score (nSPS) is 16.0. The zero-order valence-electron chi connectivity index (χ0n) is 19.6. The molecule has 0 N–H and O–H groups in total. The molecule has 1 fully saturated rings. The lowest BCUT2D eigenvalue weighted by molar-refractivity contribution is 0.237. The van der Waals surface area contributed by atoms with E-state index in [0.29, 0.717) is 0 Å². The van der Waals surface area contributed by atoms with Crippen LogP contribution in [0, 0.1) is 0 Å². The van der Waals surface area contributed by atoms with Crippen molar-refractivity contribution < 1.29 is 4.74 Å². The Kier molecular flexibility index (Phi) is 6.79. The van der Waals surface area contributed by atoms with Gasteiger partial charge < -0.3 is 14.5 Å². The average Bonchev–Trinajstić information content (AvgIpc) is 2.84. The maximum absolute atomic E-state index is 6.05. The van der Waals surface area contributed by atoms with Crippen LogP contribution in [0.2, 0.25) is 0 Å². The highest BCUT2D eigenvalue weighted by Gasteiger charge is 2.24. The second kappa shape index (κ2) is 10.1. The highest BCUT2D eigenvalue weighted by molar-refractivity contribution is 7.99. The maximum atomic E-state index is 6.05. The monoisotopic (exact) mass is 459 g/mol. The van der Waals surface area contributed by atoms with Gasteiger partial charge in [-0.05, 0) is 63.2 Å². The van der Waals surface area contributed by atoms with Crippen LogP contribution in [0.25, 0.3) is 0 Å². The van der Waals surface area contributed by atoms with Crippen LogP contribution >= 0.6 is 11.8 Å². The van der Waals surface area contributed by atoms with Gasteiger partial charge in [0.05, 0.1) is 23.2 Å². The lowest BCUT2D eigenvalue weighted by Crippen LogP contribution is -2.47. The highest BCUT2D eigenvalue weighted by Crippen LogP contribution is 2.47. The van der Waals surface area contributed by atoms with Crippen LogP contribution in [0.4, 0.5) is 17.1 Å². The first-order valence-electron chi connectivity index (χ1n) is 12.1. The van der Waals surface area contributed by atoms with Gasteiger partial charge in [0.25, 0.3) is 0 Å². The van der Waals surface area contributed by atoms with Crippen LogP contribution < -0.4 is 14.5 Å². The fourth-order valence-electron chi connectivity index (χ4n) is 4.76. The van der Waals surface area contributed by atoms with E-state index in [1.807, 2.05) is 11.8 Å². The van der Waals surface area contributed by atoms with Gasteiger partial charge in [0, 0.05) is 42.5 Å². The van der Waals surface area contributed by atoms with Crippen LogP contribution in [-0.2, 0) is 0 Å². The quantitative estimate of drug-likeness (QED) is 0.412. The van der Waals surface area contributed by atoms with Gasteiger partial charge in [-0.2, -0.15) is 0 Å². The summed E-state index contributed by atoms with van der Waals surface area (Å²) in [5.41, 5.74) is 3.91. The predicted octanol–water partition coefficient (Wildman–Crippen LogP) is 6.29. The second-order valence-corrected chi connectivity index (χ2v) is 10.1. The van der Waals surface area contributed by atoms with Crippen molar-refractivity contribution >= 4 is 28.8 Å². The molecule has 0 amide bonds. The van der Waals surface area contributed by atoms with Crippen molar-refractivity contribution in [1.82, 2.24) is 4.90 Å². The molecule has 3 aromatic rings. The topological polar surface area (TPSA) is 19.0 Å². The Morgan fingerprint density at radius 1 is 0.727 bits per heavy atom. The van der Waals surface area contributed by atoms with Gasteiger partial charge in [-0.3, -0.25) is 4.90 Å². The molecule has 0 aromatic heterocycles. The Bertz CT molecular complexity index is 1030. The number of nitrogens with zero attached hydrogens (tertiary/aromatic N) is 3. The van der Waals surface area contributed by atoms with Crippen LogP contribution in [0.3, 0.4) is 0 Å². The van der Waals surface area contributed by atoms with Crippen LogP contribution in [0.5, 0.6) is 5.75 Å². The zero-order chi connectivity index (χ0) is 22.6. The van der Waals surface area contributed by atoms with Gasteiger partial charge in [-0.15, -0.1) is 0 Å². The molecule has 0 unspecified atom stereocenters. The summed E-state index contributed by atoms with van der Waals surface area (Å²) >= 11 is 1.88. The first-order valence-corrected chi connectivity index (χ1v) is 12.9. The predicted molar refractivity (Wildman–Crippen MR) is 139 cm³/mol. The van der Waals surface area contributed by atoms with Gasteiger partial charge in [0.15, 0.2) is 0 Å². The van der Waals surface area contributed by atoms with E-state index in [4.69, 9.17) is 4.74 Å². The molecule has 1 saturated heterocycles. The lowest BCUT2D eigenvalue weighted by Gasteiger charge is -2.37. The summed E-state index contributed by atoms with van der Waals surface area (Å²) < 4.78 is 6.05. The van der Waals surface area contributed by atoms with Crippen molar-refractivity contribution in [2.24, 2.45) is 0 Å². The molecule has 2 heterocycles. The molecule has 33 heavy (non-hydrogen) atoms. The molecule has 0 radical (unpaired) electrons. The first-order chi connectivity index (χ1) is 16.2. The number of fused-ring (bicyclic) bond motifs is 2. The van der Waals surface area contributed by atoms with Crippen LogP contribution in [0.1, 0.15) is 20.3 Å². The first kappa shape index (κ1) is 22.2. The van der Waals surface area contributed by atoms with E-state index < -0.39 is 0 Å². The molecule has 0 spiro atoms. The highest BCUT2D eigenvalue weighted by atomic mass is 32.2. The number of hydrogen-bond donors (Lipinski definition) is 0. The van der Waals surface area contributed by atoms with E-state index in [0.717, 1.165) is 51.4 Å². The van der Waals surface area contributed by atoms with Crippen LogP contribution in [-0.4, -0.2) is 50.3 Å². The van der Waals surface area contributed by atoms with Crippen molar-refractivity contribution in [1.29, 1.82) is 0 Å². The molecule has 0 aliphatic carbocycles. The molecule has 5 rings (SSSR count). The minimum absolute atomic E-state index is 0.191. The van der Waals surface area contributed by atoms with Crippen molar-refractivity contribution in [2.75, 3.05) is 49.1 Å². The Morgan fingerprint density at radius 3 is 1.94 bits per heavy atom. The summed E-state index contributed by atoms with van der Waals surface area (Å²) in [5.74, 6) is 1.00. The number of rotatable bonds is 7. The lowest BCUT2D eigenvalue weighted by atomic mass is 10.2. The smallest absolute Gasteiger partial charge is 0.142 e. The van der Waals surface area contributed by atoms with E-state index in [9.17, 15) is 0 Å². The van der Waals surface area contributed by atoms with Crippen molar-refractivity contribution in [2.45, 2.75) is 36.2 Å². The summed E-state index contributed by atoms with van der Waals surface area (Å²) in [5, 5.41) is 0. The molecule has 5 heteroatoms. The number of hydrogen-bond acceptors (Lipinski definition) is 5. The number of piperazine rings is 1. The largest absolute Gasteiger partial charge is 0.489 e. The standard InChI is InChI=1S/C28H33N3OS/c1-22(2)32-26-13-6-3-10-23(26)30-20-18-29(19-21-30)16-9-17-31-24-11-4-7-14-27(24)33-28-15-8-5-12-25(28)31/h3-8,10-15,22H,9,16-21H2,1-2H3. The van der Waals surface area contributed by atoms with Gasteiger partial charge in [0.1, 0.15) is 5.75 Å². The molecule has 172 valence electrons. The molecule has 0 saturated carbocycles. The van der Waals surface area contributed by atoms with Gasteiger partial charge in [-0.25, -0.2) is 0 Å². The molecular formula is C28H33N3OS. The summed E-state index contributed by atoms with van der Waals surface area (Å²) in [7, 11) is 0. The van der Waals surface area contributed by atoms with E-state index in [-0.39, 0.29) is 6.10 Å². The SMILES string of the molecule is CC(C)Oc1ccccc1N1CCN(CCCN2c3ccccc3Sc3ccccc32)CC1. The van der Waals surface area contributed by atoms with E-state index in [1.54, 1.807) is 0 Å². The third-order valence-corrected chi connectivity index (χ3v) is 7.46. The molecule has 0 bridgehead atoms. The Labute approximate surface area is 202 Å². The summed E-state index contributed by atoms with van der Waals surface area (Å²) in [6, 6.07) is 26.0. The minimum atomic E-state index is 0.191. The van der Waals surface area contributed by atoms with E-state index >= 15 is 0 Å². The van der Waals surface area contributed by atoms with Crippen LogP contribution in [0.15, 0.2) is 82.6 Å². The Hall–Kier alpha value is -2.63. The van der Waals surface area contributed by atoms with E-state index in [2.05, 4.69) is 101 Å². The third kappa shape index (κ3) is 4.99. The fourth-order valence-corrected chi connectivity index (χ4v) is 5.85. The summed E-state index contributed by atoms with van der Waals surface area (Å²) in [6.45, 7) is 10.6. The molecule has 2 aliphatic rings. The van der Waals surface area contributed by atoms with Crippen molar-refractivity contribution in [3.63, 3.8) is 0 Å². The third-order valence-electron chi connectivity index (χ3n) is 6.33. The molecule has 4 nitrogen and oxygen atoms in total. The van der Waals surface area contributed by atoms with Crippen molar-refractivity contribution in [3.05, 3.63) is 72.8 Å².